The van der Waals surface area contributed by atoms with E-state index in [4.69, 9.17) is 10.5 Å². The van der Waals surface area contributed by atoms with Crippen molar-refractivity contribution in [2.75, 3.05) is 18.5 Å². The highest BCUT2D eigenvalue weighted by Crippen LogP contribution is 2.30. The summed E-state index contributed by atoms with van der Waals surface area (Å²) >= 11 is 0. The molecule has 0 aliphatic heterocycles. The van der Waals surface area contributed by atoms with Gasteiger partial charge in [0.05, 0.1) is 12.3 Å². The number of benzene rings is 1. The van der Waals surface area contributed by atoms with E-state index in [1.54, 1.807) is 25.2 Å². The number of hydrogen-bond donors (Lipinski definition) is 3. The van der Waals surface area contributed by atoms with Crippen LogP contribution in [0.1, 0.15) is 5.56 Å². The molecule has 0 saturated carbocycles. The molecule has 0 fully saturated rings. The Labute approximate surface area is 199 Å². The number of anilines is 2. The fourth-order valence-electron chi connectivity index (χ4n) is 3.59. The molecule has 4 rings (SSSR count). The average Bonchev–Trinajstić information content (AvgIpc) is 2.85. The quantitative estimate of drug-likeness (QED) is 0.348. The molecule has 0 bridgehead atoms. The van der Waals surface area contributed by atoms with Crippen molar-refractivity contribution in [1.29, 1.82) is 0 Å². The largest absolute Gasteiger partial charge is 0.476 e. The first-order valence-electron chi connectivity index (χ1n) is 10.7. The minimum Gasteiger partial charge on any atom is -0.476 e. The Balaban J connectivity index is 1.82. The molecule has 1 aromatic carbocycles. The number of nitrogens with one attached hydrogen (secondary N) is 1. The van der Waals surface area contributed by atoms with Gasteiger partial charge in [0.1, 0.15) is 23.9 Å². The van der Waals surface area contributed by atoms with Gasteiger partial charge in [-0.1, -0.05) is 6.07 Å². The Morgan fingerprint density at radius 2 is 2.00 bits per heavy atom. The van der Waals surface area contributed by atoms with E-state index in [0.717, 1.165) is 10.7 Å². The van der Waals surface area contributed by atoms with Crippen LogP contribution in [0.5, 0.6) is 5.88 Å². The molecule has 35 heavy (non-hydrogen) atoms. The standard InChI is InChI=1S/C24H23FN6O4/c1-30-13-15(10-19(24(30)34)28-21-4-2-5-22(29-21)35-9-7-26)17-11-16(25)12-20(18(17)14-32)31-23(33)6-3-8-27-31/h2-6,8,10-13,32H,7,9,14,26H2,1H3,(H,28,29). The van der Waals surface area contributed by atoms with Gasteiger partial charge in [-0.15, -0.1) is 0 Å². The number of hydrogen-bond acceptors (Lipinski definition) is 8. The monoisotopic (exact) mass is 478 g/mol. The topological polar surface area (TPSA) is 137 Å². The van der Waals surface area contributed by atoms with Gasteiger partial charge in [0, 0.05) is 55.3 Å². The minimum atomic E-state index is -0.639. The molecule has 0 aliphatic carbocycles. The van der Waals surface area contributed by atoms with Gasteiger partial charge in [0.2, 0.25) is 5.88 Å². The van der Waals surface area contributed by atoms with Crippen LogP contribution in [0, 0.1) is 5.82 Å². The number of aliphatic hydroxyl groups is 1. The lowest BCUT2D eigenvalue weighted by Crippen LogP contribution is -2.22. The van der Waals surface area contributed by atoms with Crippen molar-refractivity contribution in [3.8, 4) is 22.7 Å². The summed E-state index contributed by atoms with van der Waals surface area (Å²) in [6, 6.07) is 11.7. The second-order valence-electron chi connectivity index (χ2n) is 7.56. The summed E-state index contributed by atoms with van der Waals surface area (Å²) in [5.41, 5.74) is 5.88. The molecular formula is C24H23FN6O4. The number of rotatable bonds is 8. The summed E-state index contributed by atoms with van der Waals surface area (Å²) < 4.78 is 22.4. The van der Waals surface area contributed by atoms with Gasteiger partial charge in [-0.3, -0.25) is 9.59 Å². The number of aryl methyl sites for hydroxylation is 1. The number of aromatic nitrogens is 4. The first kappa shape index (κ1) is 23.8. The average molecular weight is 478 g/mol. The van der Waals surface area contributed by atoms with Crippen LogP contribution in [-0.2, 0) is 13.7 Å². The maximum absolute atomic E-state index is 14.7. The van der Waals surface area contributed by atoms with Crippen LogP contribution in [-0.4, -0.2) is 37.6 Å². The van der Waals surface area contributed by atoms with Crippen molar-refractivity contribution in [1.82, 2.24) is 19.3 Å². The smallest absolute Gasteiger partial charge is 0.274 e. The van der Waals surface area contributed by atoms with Gasteiger partial charge in [-0.25, -0.2) is 4.39 Å². The van der Waals surface area contributed by atoms with E-state index in [1.165, 1.54) is 41.2 Å². The molecule has 0 atom stereocenters. The Hall–Kier alpha value is -4.35. The van der Waals surface area contributed by atoms with Gasteiger partial charge in [-0.2, -0.15) is 14.8 Å². The van der Waals surface area contributed by atoms with Crippen LogP contribution < -0.4 is 26.9 Å². The summed E-state index contributed by atoms with van der Waals surface area (Å²) in [4.78, 5) is 29.4. The zero-order valence-corrected chi connectivity index (χ0v) is 18.8. The molecule has 0 aliphatic rings. The van der Waals surface area contributed by atoms with Crippen LogP contribution in [0.2, 0.25) is 0 Å². The van der Waals surface area contributed by atoms with Gasteiger partial charge in [0.15, 0.2) is 0 Å². The third kappa shape index (κ3) is 5.10. The first-order valence-corrected chi connectivity index (χ1v) is 10.7. The fraction of sp³-hybridized carbons (Fsp3) is 0.167. The van der Waals surface area contributed by atoms with Crippen molar-refractivity contribution in [2.24, 2.45) is 12.8 Å². The molecule has 0 spiro atoms. The number of aliphatic hydroxyl groups excluding tert-OH is 1. The highest BCUT2D eigenvalue weighted by molar-refractivity contribution is 5.74. The molecule has 0 radical (unpaired) electrons. The van der Waals surface area contributed by atoms with E-state index in [0.29, 0.717) is 36.0 Å². The van der Waals surface area contributed by atoms with E-state index in [1.807, 2.05) is 0 Å². The molecule has 0 saturated heterocycles. The normalized spacial score (nSPS) is 10.9. The summed E-state index contributed by atoms with van der Waals surface area (Å²) in [7, 11) is 1.55. The molecular weight excluding hydrogens is 455 g/mol. The second kappa shape index (κ2) is 10.3. The van der Waals surface area contributed by atoms with Crippen molar-refractivity contribution in [2.45, 2.75) is 6.61 Å². The summed E-state index contributed by atoms with van der Waals surface area (Å²) in [6.45, 7) is 0.121. The number of nitrogens with two attached hydrogens (primary N) is 1. The molecule has 180 valence electrons. The lowest BCUT2D eigenvalue weighted by atomic mass is 9.99. The fourth-order valence-corrected chi connectivity index (χ4v) is 3.59. The maximum atomic E-state index is 14.7. The molecule has 3 aromatic heterocycles. The van der Waals surface area contributed by atoms with Gasteiger partial charge in [-0.05, 0) is 29.8 Å². The Morgan fingerprint density at radius 3 is 2.74 bits per heavy atom. The van der Waals surface area contributed by atoms with E-state index in [2.05, 4.69) is 15.4 Å². The molecule has 3 heterocycles. The van der Waals surface area contributed by atoms with Crippen LogP contribution in [0.15, 0.2) is 70.5 Å². The Bertz CT molecular complexity index is 1480. The van der Waals surface area contributed by atoms with Crippen molar-refractivity contribution < 1.29 is 14.2 Å². The van der Waals surface area contributed by atoms with Crippen LogP contribution in [0.3, 0.4) is 0 Å². The summed E-state index contributed by atoms with van der Waals surface area (Å²) in [5, 5.41) is 17.1. The molecule has 10 nitrogen and oxygen atoms in total. The predicted octanol–water partition coefficient (Wildman–Crippen LogP) is 1.71. The van der Waals surface area contributed by atoms with Crippen molar-refractivity contribution in [3.05, 3.63) is 93.0 Å². The molecule has 4 N–H and O–H groups in total. The SMILES string of the molecule is Cn1cc(-c2cc(F)cc(-n3ncccc3=O)c2CO)cc(Nc2cccc(OCCN)n2)c1=O. The Morgan fingerprint density at radius 1 is 1.17 bits per heavy atom. The molecule has 0 unspecified atom stereocenters. The highest BCUT2D eigenvalue weighted by atomic mass is 19.1. The van der Waals surface area contributed by atoms with Crippen LogP contribution >= 0.6 is 0 Å². The minimum absolute atomic E-state index is 0.0999. The maximum Gasteiger partial charge on any atom is 0.274 e. The predicted molar refractivity (Wildman–Crippen MR) is 128 cm³/mol. The van der Waals surface area contributed by atoms with E-state index in [9.17, 15) is 19.1 Å². The van der Waals surface area contributed by atoms with Crippen molar-refractivity contribution in [3.63, 3.8) is 0 Å². The van der Waals surface area contributed by atoms with Gasteiger partial charge >= 0.3 is 0 Å². The summed E-state index contributed by atoms with van der Waals surface area (Å²) in [6.07, 6.45) is 2.90. The number of pyridine rings is 2. The number of nitrogens with zero attached hydrogens (tertiary/aromatic N) is 4. The van der Waals surface area contributed by atoms with Gasteiger partial charge < -0.3 is 25.5 Å². The first-order chi connectivity index (χ1) is 16.9. The van der Waals surface area contributed by atoms with Crippen LogP contribution in [0.25, 0.3) is 16.8 Å². The molecule has 0 amide bonds. The van der Waals surface area contributed by atoms with E-state index in [-0.39, 0.29) is 22.5 Å². The summed E-state index contributed by atoms with van der Waals surface area (Å²) in [5.74, 6) is 0.0576. The highest BCUT2D eigenvalue weighted by Gasteiger charge is 2.17. The molecule has 11 heteroatoms. The molecule has 4 aromatic rings. The third-order valence-electron chi connectivity index (χ3n) is 5.14. The lowest BCUT2D eigenvalue weighted by molar-refractivity contribution is 0.281. The zero-order chi connectivity index (χ0) is 24.9. The number of ether oxygens (including phenoxy) is 1. The van der Waals surface area contributed by atoms with Gasteiger partial charge in [0.25, 0.3) is 11.1 Å². The van der Waals surface area contributed by atoms with E-state index < -0.39 is 18.0 Å². The number of halogens is 1. The Kier molecular flexibility index (Phi) is 6.99. The second-order valence-corrected chi connectivity index (χ2v) is 7.56. The lowest BCUT2D eigenvalue weighted by Gasteiger charge is -2.16. The van der Waals surface area contributed by atoms with Crippen LogP contribution in [0.4, 0.5) is 15.9 Å². The zero-order valence-electron chi connectivity index (χ0n) is 18.8. The third-order valence-corrected chi connectivity index (χ3v) is 5.14. The van der Waals surface area contributed by atoms with E-state index >= 15 is 0 Å². The van der Waals surface area contributed by atoms with Crippen molar-refractivity contribution >= 4 is 11.5 Å².